The van der Waals surface area contributed by atoms with Gasteiger partial charge in [0.15, 0.2) is 0 Å². The summed E-state index contributed by atoms with van der Waals surface area (Å²) < 4.78 is 6.47. The number of aromatic nitrogens is 2. The Hall–Kier alpha value is -1.04. The van der Waals surface area contributed by atoms with Crippen LogP contribution in [0.25, 0.3) is 11.1 Å². The maximum Gasteiger partial charge on any atom is 0.241 e. The third-order valence-electron chi connectivity index (χ3n) is 2.03. The van der Waals surface area contributed by atoms with Crippen LogP contribution >= 0.6 is 22.6 Å². The first kappa shape index (κ1) is 10.5. The first-order valence-electron chi connectivity index (χ1n) is 4.75. The lowest BCUT2D eigenvalue weighted by atomic mass is 10.1. The second-order valence-corrected chi connectivity index (χ2v) is 4.10. The van der Waals surface area contributed by atoms with E-state index in [9.17, 15) is 0 Å². The Labute approximate surface area is 102 Å². The number of nitrogens with one attached hydrogen (secondary N) is 1. The zero-order chi connectivity index (χ0) is 10.7. The van der Waals surface area contributed by atoms with Crippen LogP contribution < -0.4 is 4.74 Å². The summed E-state index contributed by atoms with van der Waals surface area (Å²) in [6, 6.07) is 10.1. The van der Waals surface area contributed by atoms with Crippen molar-refractivity contribution in [3.8, 4) is 17.0 Å². The van der Waals surface area contributed by atoms with Gasteiger partial charge in [0.25, 0.3) is 0 Å². The molecule has 0 spiro atoms. The van der Waals surface area contributed by atoms with Crippen LogP contribution in [0.2, 0.25) is 0 Å². The fraction of sp³-hybridized carbons (Fsp3) is 0.182. The second kappa shape index (κ2) is 4.65. The molecule has 0 aliphatic carbocycles. The molecule has 0 saturated carbocycles. The van der Waals surface area contributed by atoms with Crippen molar-refractivity contribution in [1.82, 2.24) is 10.2 Å². The summed E-state index contributed by atoms with van der Waals surface area (Å²) in [5, 5.41) is 7.06. The highest BCUT2D eigenvalue weighted by Crippen LogP contribution is 2.31. The van der Waals surface area contributed by atoms with Crippen molar-refractivity contribution < 1.29 is 4.74 Å². The fourth-order valence-corrected chi connectivity index (χ4v) is 2.06. The molecule has 0 bridgehead atoms. The minimum absolute atomic E-state index is 0.626. The summed E-state index contributed by atoms with van der Waals surface area (Å²) in [5.41, 5.74) is 2.16. The van der Waals surface area contributed by atoms with Gasteiger partial charge in [-0.1, -0.05) is 30.3 Å². The second-order valence-electron chi connectivity index (χ2n) is 3.02. The maximum atomic E-state index is 5.47. The SMILES string of the molecule is CCOc1n[nH]c(I)c1-c1ccccc1. The number of H-pyrrole nitrogens is 1. The zero-order valence-electron chi connectivity index (χ0n) is 8.33. The minimum atomic E-state index is 0.626. The lowest BCUT2D eigenvalue weighted by Crippen LogP contribution is -1.93. The molecule has 1 heterocycles. The molecule has 2 aromatic rings. The van der Waals surface area contributed by atoms with E-state index < -0.39 is 0 Å². The predicted octanol–water partition coefficient (Wildman–Crippen LogP) is 3.08. The summed E-state index contributed by atoms with van der Waals surface area (Å²) in [6.45, 7) is 2.58. The van der Waals surface area contributed by atoms with Crippen molar-refractivity contribution in [3.63, 3.8) is 0 Å². The van der Waals surface area contributed by atoms with E-state index in [2.05, 4.69) is 44.9 Å². The highest BCUT2D eigenvalue weighted by atomic mass is 127. The average molecular weight is 314 g/mol. The van der Waals surface area contributed by atoms with Crippen molar-refractivity contribution in [2.75, 3.05) is 6.61 Å². The van der Waals surface area contributed by atoms with Crippen LogP contribution in [0.1, 0.15) is 6.92 Å². The average Bonchev–Trinajstić information content (AvgIpc) is 2.62. The van der Waals surface area contributed by atoms with Crippen LogP contribution in [0.3, 0.4) is 0 Å². The molecule has 0 radical (unpaired) electrons. The lowest BCUT2D eigenvalue weighted by molar-refractivity contribution is 0.327. The van der Waals surface area contributed by atoms with Crippen molar-refractivity contribution in [1.29, 1.82) is 0 Å². The molecule has 1 N–H and O–H groups in total. The Balaban J connectivity index is 2.47. The normalized spacial score (nSPS) is 10.3. The predicted molar refractivity (Wildman–Crippen MR) is 67.9 cm³/mol. The molecule has 0 saturated heterocycles. The van der Waals surface area contributed by atoms with E-state index in [4.69, 9.17) is 4.74 Å². The quantitative estimate of drug-likeness (QED) is 0.884. The van der Waals surface area contributed by atoms with Crippen LogP contribution in [0.4, 0.5) is 0 Å². The van der Waals surface area contributed by atoms with E-state index in [-0.39, 0.29) is 0 Å². The van der Waals surface area contributed by atoms with E-state index in [0.29, 0.717) is 12.5 Å². The summed E-state index contributed by atoms with van der Waals surface area (Å²) in [6.07, 6.45) is 0. The third kappa shape index (κ3) is 2.14. The fourth-order valence-electron chi connectivity index (χ4n) is 1.40. The van der Waals surface area contributed by atoms with E-state index in [1.54, 1.807) is 0 Å². The summed E-state index contributed by atoms with van der Waals surface area (Å²) >= 11 is 2.23. The topological polar surface area (TPSA) is 37.9 Å². The van der Waals surface area contributed by atoms with E-state index in [1.807, 2.05) is 25.1 Å². The van der Waals surface area contributed by atoms with Gasteiger partial charge in [-0.15, -0.1) is 5.10 Å². The van der Waals surface area contributed by atoms with Crippen LogP contribution in [0, 0.1) is 3.70 Å². The Morgan fingerprint density at radius 3 is 2.73 bits per heavy atom. The van der Waals surface area contributed by atoms with E-state index in [0.717, 1.165) is 14.8 Å². The summed E-state index contributed by atoms with van der Waals surface area (Å²) in [4.78, 5) is 0. The molecule has 15 heavy (non-hydrogen) atoms. The van der Waals surface area contributed by atoms with Crippen molar-refractivity contribution in [2.24, 2.45) is 0 Å². The number of rotatable bonds is 3. The molecule has 1 aromatic heterocycles. The molecule has 0 aliphatic rings. The van der Waals surface area contributed by atoms with Crippen molar-refractivity contribution in [2.45, 2.75) is 6.92 Å². The van der Waals surface area contributed by atoms with Gasteiger partial charge in [-0.25, -0.2) is 0 Å². The number of hydrogen-bond acceptors (Lipinski definition) is 2. The molecule has 0 atom stereocenters. The van der Waals surface area contributed by atoms with Crippen LogP contribution in [-0.4, -0.2) is 16.8 Å². The molecule has 0 fully saturated rings. The zero-order valence-corrected chi connectivity index (χ0v) is 10.5. The number of halogens is 1. The van der Waals surface area contributed by atoms with Gasteiger partial charge in [0.2, 0.25) is 5.88 Å². The molecular weight excluding hydrogens is 303 g/mol. The monoisotopic (exact) mass is 314 g/mol. The highest BCUT2D eigenvalue weighted by Gasteiger charge is 2.13. The Kier molecular flexibility index (Phi) is 3.25. The van der Waals surface area contributed by atoms with Gasteiger partial charge in [-0.05, 0) is 35.1 Å². The van der Waals surface area contributed by atoms with Gasteiger partial charge in [0.05, 0.1) is 12.2 Å². The van der Waals surface area contributed by atoms with Crippen LogP contribution in [-0.2, 0) is 0 Å². The lowest BCUT2D eigenvalue weighted by Gasteiger charge is -2.03. The van der Waals surface area contributed by atoms with Gasteiger partial charge in [-0.2, -0.15) is 0 Å². The third-order valence-corrected chi connectivity index (χ3v) is 2.81. The number of aromatic amines is 1. The molecular formula is C11H11IN2O. The highest BCUT2D eigenvalue weighted by molar-refractivity contribution is 14.1. The molecule has 78 valence electrons. The Morgan fingerprint density at radius 1 is 1.33 bits per heavy atom. The summed E-state index contributed by atoms with van der Waals surface area (Å²) in [7, 11) is 0. The minimum Gasteiger partial charge on any atom is -0.476 e. The first-order chi connectivity index (χ1) is 7.33. The summed E-state index contributed by atoms with van der Waals surface area (Å²) in [5.74, 6) is 0.674. The van der Waals surface area contributed by atoms with Gasteiger partial charge in [0.1, 0.15) is 3.70 Å². The molecule has 2 rings (SSSR count). The van der Waals surface area contributed by atoms with E-state index >= 15 is 0 Å². The standard InChI is InChI=1S/C11H11IN2O/c1-2-15-11-9(10(12)13-14-11)8-6-4-3-5-7-8/h3-7H,2H2,1H3,(H,13,14). The largest absolute Gasteiger partial charge is 0.476 e. The number of hydrogen-bond donors (Lipinski definition) is 1. The number of nitrogens with zero attached hydrogens (tertiary/aromatic N) is 1. The molecule has 0 aliphatic heterocycles. The van der Waals surface area contributed by atoms with Crippen LogP contribution in [0.15, 0.2) is 30.3 Å². The van der Waals surface area contributed by atoms with Crippen LogP contribution in [0.5, 0.6) is 5.88 Å². The van der Waals surface area contributed by atoms with Gasteiger partial charge in [0, 0.05) is 0 Å². The van der Waals surface area contributed by atoms with Gasteiger partial charge in [-0.3, -0.25) is 5.10 Å². The first-order valence-corrected chi connectivity index (χ1v) is 5.83. The molecule has 3 nitrogen and oxygen atoms in total. The molecule has 0 unspecified atom stereocenters. The van der Waals surface area contributed by atoms with Gasteiger partial charge < -0.3 is 4.74 Å². The Morgan fingerprint density at radius 2 is 2.07 bits per heavy atom. The molecule has 1 aromatic carbocycles. The maximum absolute atomic E-state index is 5.47. The number of ether oxygens (including phenoxy) is 1. The molecule has 4 heteroatoms. The van der Waals surface area contributed by atoms with E-state index in [1.165, 1.54) is 0 Å². The van der Waals surface area contributed by atoms with Gasteiger partial charge >= 0.3 is 0 Å². The van der Waals surface area contributed by atoms with Crippen molar-refractivity contribution in [3.05, 3.63) is 34.0 Å². The Bertz CT molecular complexity index is 439. The number of benzene rings is 1. The van der Waals surface area contributed by atoms with Crippen molar-refractivity contribution >= 4 is 22.6 Å². The smallest absolute Gasteiger partial charge is 0.241 e. The molecule has 0 amide bonds.